The molecule has 0 amide bonds. The van der Waals surface area contributed by atoms with Crippen LogP contribution in [0.2, 0.25) is 0 Å². The van der Waals surface area contributed by atoms with Crippen LogP contribution in [0.3, 0.4) is 0 Å². The minimum absolute atomic E-state index is 0.139. The molecule has 3 unspecified atom stereocenters. The molecule has 1 fully saturated rings. The minimum Gasteiger partial charge on any atom is -0.391 e. The predicted molar refractivity (Wildman–Crippen MR) is 70.9 cm³/mol. The van der Waals surface area contributed by atoms with E-state index in [-0.39, 0.29) is 11.7 Å². The van der Waals surface area contributed by atoms with E-state index in [1.807, 2.05) is 6.92 Å². The van der Waals surface area contributed by atoms with Crippen molar-refractivity contribution in [2.24, 2.45) is 11.1 Å². The Balaban J connectivity index is 2.68. The second-order valence-electron chi connectivity index (χ2n) is 6.47. The topological polar surface area (TPSA) is 55.5 Å². The number of ether oxygens (including phenoxy) is 1. The summed E-state index contributed by atoms with van der Waals surface area (Å²) in [5.74, 6) is 0. The first-order valence-electron chi connectivity index (χ1n) is 6.86. The van der Waals surface area contributed by atoms with Crippen molar-refractivity contribution in [3.05, 3.63) is 0 Å². The van der Waals surface area contributed by atoms with Gasteiger partial charge in [-0.2, -0.15) is 0 Å². The fraction of sp³-hybridized carbons (Fsp3) is 1.00. The van der Waals surface area contributed by atoms with Gasteiger partial charge >= 0.3 is 0 Å². The van der Waals surface area contributed by atoms with E-state index in [4.69, 9.17) is 10.5 Å². The first kappa shape index (κ1) is 14.9. The van der Waals surface area contributed by atoms with E-state index >= 15 is 0 Å². The average molecular weight is 243 g/mol. The molecule has 0 aromatic carbocycles. The summed E-state index contributed by atoms with van der Waals surface area (Å²) in [6.45, 7) is 8.89. The van der Waals surface area contributed by atoms with Gasteiger partial charge in [0, 0.05) is 6.54 Å². The van der Waals surface area contributed by atoms with Gasteiger partial charge in [0.15, 0.2) is 0 Å². The fourth-order valence-electron chi connectivity index (χ4n) is 2.57. The van der Waals surface area contributed by atoms with Crippen molar-refractivity contribution < 1.29 is 9.84 Å². The van der Waals surface area contributed by atoms with Crippen molar-refractivity contribution in [3.63, 3.8) is 0 Å². The molecular formula is C14H29NO2. The Morgan fingerprint density at radius 3 is 2.35 bits per heavy atom. The van der Waals surface area contributed by atoms with Crippen LogP contribution in [0.1, 0.15) is 59.8 Å². The molecule has 3 N–H and O–H groups in total. The Hall–Kier alpha value is -0.120. The summed E-state index contributed by atoms with van der Waals surface area (Å²) in [4.78, 5) is 0. The third-order valence-electron chi connectivity index (χ3n) is 4.23. The molecule has 102 valence electrons. The molecule has 1 rings (SSSR count). The number of hydrogen-bond donors (Lipinski definition) is 2. The summed E-state index contributed by atoms with van der Waals surface area (Å²) >= 11 is 0. The molecule has 0 saturated heterocycles. The van der Waals surface area contributed by atoms with Gasteiger partial charge in [-0.25, -0.2) is 0 Å². The number of nitrogens with two attached hydrogens (primary N) is 1. The summed E-state index contributed by atoms with van der Waals surface area (Å²) in [6.07, 6.45) is 5.00. The van der Waals surface area contributed by atoms with Crippen molar-refractivity contribution in [1.29, 1.82) is 0 Å². The van der Waals surface area contributed by atoms with Crippen molar-refractivity contribution in [3.8, 4) is 0 Å². The summed E-state index contributed by atoms with van der Waals surface area (Å²) in [5, 5.41) is 9.57. The van der Waals surface area contributed by atoms with Gasteiger partial charge in [0.1, 0.15) is 0 Å². The summed E-state index contributed by atoms with van der Waals surface area (Å²) in [5.41, 5.74) is 6.12. The Bertz CT molecular complexity index is 240. The standard InChI is InChI=1S/C14H29NO2/c1-11(16)12(2)17-14(10-15)7-5-6-13(3,4)8-9-14/h11-12,16H,5-10,15H2,1-4H3. The van der Waals surface area contributed by atoms with Crippen LogP contribution in [0.4, 0.5) is 0 Å². The smallest absolute Gasteiger partial charge is 0.0811 e. The van der Waals surface area contributed by atoms with Crippen LogP contribution < -0.4 is 5.73 Å². The van der Waals surface area contributed by atoms with Gasteiger partial charge in [0.2, 0.25) is 0 Å². The maximum Gasteiger partial charge on any atom is 0.0811 e. The Morgan fingerprint density at radius 2 is 1.82 bits per heavy atom. The monoisotopic (exact) mass is 243 g/mol. The van der Waals surface area contributed by atoms with E-state index in [1.165, 1.54) is 6.42 Å². The molecule has 3 nitrogen and oxygen atoms in total. The molecule has 0 aliphatic heterocycles. The van der Waals surface area contributed by atoms with E-state index < -0.39 is 6.10 Å². The number of hydrogen-bond acceptors (Lipinski definition) is 3. The molecule has 17 heavy (non-hydrogen) atoms. The van der Waals surface area contributed by atoms with Crippen molar-refractivity contribution in [2.45, 2.75) is 77.6 Å². The Labute approximate surface area is 106 Å². The SMILES string of the molecule is CC(O)C(C)OC1(CN)CCCC(C)(C)CC1. The van der Waals surface area contributed by atoms with Gasteiger partial charge in [-0.1, -0.05) is 20.3 Å². The molecule has 0 aromatic heterocycles. The van der Waals surface area contributed by atoms with Gasteiger partial charge in [-0.15, -0.1) is 0 Å². The van der Waals surface area contributed by atoms with Crippen LogP contribution in [-0.4, -0.2) is 29.5 Å². The highest BCUT2D eigenvalue weighted by atomic mass is 16.5. The molecular weight excluding hydrogens is 214 g/mol. The molecule has 0 radical (unpaired) electrons. The maximum atomic E-state index is 9.57. The van der Waals surface area contributed by atoms with Crippen LogP contribution in [0.15, 0.2) is 0 Å². The zero-order valence-corrected chi connectivity index (χ0v) is 11.8. The first-order valence-corrected chi connectivity index (χ1v) is 6.86. The highest BCUT2D eigenvalue weighted by Gasteiger charge is 2.37. The van der Waals surface area contributed by atoms with Gasteiger partial charge in [0.25, 0.3) is 0 Å². The second kappa shape index (κ2) is 5.68. The quantitative estimate of drug-likeness (QED) is 0.746. The normalized spacial score (nSPS) is 32.8. The van der Waals surface area contributed by atoms with Gasteiger partial charge in [-0.05, 0) is 44.9 Å². The largest absolute Gasteiger partial charge is 0.391 e. The summed E-state index contributed by atoms with van der Waals surface area (Å²) < 4.78 is 6.09. The highest BCUT2D eigenvalue weighted by molar-refractivity contribution is 4.89. The van der Waals surface area contributed by atoms with Crippen molar-refractivity contribution >= 4 is 0 Å². The van der Waals surface area contributed by atoms with Gasteiger partial charge in [-0.3, -0.25) is 0 Å². The van der Waals surface area contributed by atoms with Crippen LogP contribution in [0, 0.1) is 5.41 Å². The number of aliphatic hydroxyl groups is 1. The summed E-state index contributed by atoms with van der Waals surface area (Å²) in [6, 6.07) is 0. The second-order valence-corrected chi connectivity index (χ2v) is 6.47. The fourth-order valence-corrected chi connectivity index (χ4v) is 2.57. The zero-order valence-electron chi connectivity index (χ0n) is 11.8. The third-order valence-corrected chi connectivity index (χ3v) is 4.23. The number of aliphatic hydroxyl groups excluding tert-OH is 1. The zero-order chi connectivity index (χ0) is 13.1. The van der Waals surface area contributed by atoms with E-state index in [0.717, 1.165) is 25.7 Å². The van der Waals surface area contributed by atoms with Crippen LogP contribution in [-0.2, 0) is 4.74 Å². The molecule has 1 saturated carbocycles. The van der Waals surface area contributed by atoms with Crippen molar-refractivity contribution in [2.75, 3.05) is 6.54 Å². The van der Waals surface area contributed by atoms with E-state index in [2.05, 4.69) is 13.8 Å². The molecule has 0 bridgehead atoms. The van der Waals surface area contributed by atoms with Crippen LogP contribution >= 0.6 is 0 Å². The van der Waals surface area contributed by atoms with E-state index in [0.29, 0.717) is 12.0 Å². The molecule has 3 heteroatoms. The predicted octanol–water partition coefficient (Wildman–Crippen LogP) is 2.46. The molecule has 1 aliphatic carbocycles. The third kappa shape index (κ3) is 4.23. The lowest BCUT2D eigenvalue weighted by Gasteiger charge is -2.36. The lowest BCUT2D eigenvalue weighted by atomic mass is 9.84. The molecule has 0 spiro atoms. The molecule has 1 aliphatic rings. The Kier molecular flexibility index (Phi) is 4.99. The molecule has 0 heterocycles. The average Bonchev–Trinajstić information content (AvgIpc) is 2.39. The molecule has 3 atom stereocenters. The van der Waals surface area contributed by atoms with Crippen LogP contribution in [0.25, 0.3) is 0 Å². The maximum absolute atomic E-state index is 9.57. The number of rotatable bonds is 4. The van der Waals surface area contributed by atoms with Gasteiger partial charge < -0.3 is 15.6 Å². The lowest BCUT2D eigenvalue weighted by molar-refractivity contribution is -0.126. The minimum atomic E-state index is -0.435. The van der Waals surface area contributed by atoms with E-state index in [9.17, 15) is 5.11 Å². The van der Waals surface area contributed by atoms with Gasteiger partial charge in [0.05, 0.1) is 17.8 Å². The lowest BCUT2D eigenvalue weighted by Crippen LogP contribution is -2.45. The Morgan fingerprint density at radius 1 is 1.18 bits per heavy atom. The molecule has 0 aromatic rings. The highest BCUT2D eigenvalue weighted by Crippen LogP contribution is 2.40. The summed E-state index contributed by atoms with van der Waals surface area (Å²) in [7, 11) is 0. The van der Waals surface area contributed by atoms with Crippen molar-refractivity contribution in [1.82, 2.24) is 0 Å². The van der Waals surface area contributed by atoms with Crippen LogP contribution in [0.5, 0.6) is 0 Å². The van der Waals surface area contributed by atoms with E-state index in [1.54, 1.807) is 6.92 Å². The first-order chi connectivity index (χ1) is 7.80.